The van der Waals surface area contributed by atoms with Gasteiger partial charge in [-0.3, -0.25) is 4.79 Å². The van der Waals surface area contributed by atoms with Crippen molar-refractivity contribution in [1.82, 2.24) is 0 Å². The van der Waals surface area contributed by atoms with Crippen LogP contribution >= 0.6 is 0 Å². The third kappa shape index (κ3) is 4.82. The SMILES string of the molecule is COc1ccccc1/C=C/C=C(\C#N)C(=O)Nc1ccc(C)cc1C. The molecule has 0 heterocycles. The van der Waals surface area contributed by atoms with E-state index in [1.54, 1.807) is 19.3 Å². The van der Waals surface area contributed by atoms with Crippen molar-refractivity contribution >= 4 is 17.7 Å². The zero-order valence-electron chi connectivity index (χ0n) is 14.5. The van der Waals surface area contributed by atoms with Crippen LogP contribution in [-0.2, 0) is 4.79 Å². The summed E-state index contributed by atoms with van der Waals surface area (Å²) < 4.78 is 5.26. The number of aryl methyl sites for hydroxylation is 2. The molecule has 0 saturated carbocycles. The number of carbonyl (C=O) groups is 1. The van der Waals surface area contributed by atoms with Crippen LogP contribution < -0.4 is 10.1 Å². The number of amides is 1. The molecule has 2 aromatic rings. The molecule has 4 nitrogen and oxygen atoms in total. The maximum Gasteiger partial charge on any atom is 0.266 e. The highest BCUT2D eigenvalue weighted by molar-refractivity contribution is 6.07. The van der Waals surface area contributed by atoms with Crippen LogP contribution in [0, 0.1) is 25.2 Å². The molecular weight excluding hydrogens is 312 g/mol. The van der Waals surface area contributed by atoms with Gasteiger partial charge in [0.05, 0.1) is 7.11 Å². The average Bonchev–Trinajstić information content (AvgIpc) is 2.61. The Bertz CT molecular complexity index is 874. The van der Waals surface area contributed by atoms with Crippen LogP contribution in [0.15, 0.2) is 60.2 Å². The van der Waals surface area contributed by atoms with Gasteiger partial charge in [-0.25, -0.2) is 0 Å². The van der Waals surface area contributed by atoms with Gasteiger partial charge in [0.1, 0.15) is 17.4 Å². The van der Waals surface area contributed by atoms with E-state index >= 15 is 0 Å². The van der Waals surface area contributed by atoms with Crippen LogP contribution in [0.25, 0.3) is 6.08 Å². The first-order valence-corrected chi connectivity index (χ1v) is 7.85. The van der Waals surface area contributed by atoms with Crippen molar-refractivity contribution in [2.24, 2.45) is 0 Å². The van der Waals surface area contributed by atoms with Gasteiger partial charge in [0.25, 0.3) is 5.91 Å². The second-order valence-electron chi connectivity index (χ2n) is 5.57. The number of hydrogen-bond acceptors (Lipinski definition) is 3. The van der Waals surface area contributed by atoms with Gasteiger partial charge >= 0.3 is 0 Å². The van der Waals surface area contributed by atoms with E-state index < -0.39 is 5.91 Å². The van der Waals surface area contributed by atoms with Crippen molar-refractivity contribution < 1.29 is 9.53 Å². The lowest BCUT2D eigenvalue weighted by Crippen LogP contribution is -2.14. The summed E-state index contributed by atoms with van der Waals surface area (Å²) in [4.78, 5) is 12.3. The van der Waals surface area contributed by atoms with Crippen LogP contribution in [0.4, 0.5) is 5.69 Å². The number of hydrogen-bond donors (Lipinski definition) is 1. The van der Waals surface area contributed by atoms with E-state index in [0.29, 0.717) is 5.69 Å². The summed E-state index contributed by atoms with van der Waals surface area (Å²) in [6.07, 6.45) is 4.95. The minimum Gasteiger partial charge on any atom is -0.496 e. The number of carbonyl (C=O) groups excluding carboxylic acids is 1. The fraction of sp³-hybridized carbons (Fsp3) is 0.143. The van der Waals surface area contributed by atoms with Gasteiger partial charge in [0, 0.05) is 11.3 Å². The lowest BCUT2D eigenvalue weighted by Gasteiger charge is -2.08. The summed E-state index contributed by atoms with van der Waals surface area (Å²) in [5.74, 6) is 0.296. The number of rotatable bonds is 5. The number of benzene rings is 2. The summed E-state index contributed by atoms with van der Waals surface area (Å²) in [5, 5.41) is 12.0. The van der Waals surface area contributed by atoms with Gasteiger partial charge < -0.3 is 10.1 Å². The molecule has 0 bridgehead atoms. The molecule has 0 fully saturated rings. The summed E-state index contributed by atoms with van der Waals surface area (Å²) in [6.45, 7) is 3.90. The summed E-state index contributed by atoms with van der Waals surface area (Å²) in [6, 6.07) is 15.2. The van der Waals surface area contributed by atoms with Crippen molar-refractivity contribution in [3.63, 3.8) is 0 Å². The highest BCUT2D eigenvalue weighted by Gasteiger charge is 2.09. The van der Waals surface area contributed by atoms with Gasteiger partial charge in [0.2, 0.25) is 0 Å². The molecule has 1 amide bonds. The molecule has 0 saturated heterocycles. The molecule has 126 valence electrons. The lowest BCUT2D eigenvalue weighted by molar-refractivity contribution is -0.112. The standard InChI is InChI=1S/C21H20N2O2/c1-15-11-12-19(16(2)13-15)23-21(24)18(14-22)9-6-8-17-7-4-5-10-20(17)25-3/h4-13H,1-3H3,(H,23,24)/b8-6+,18-9+. The van der Waals surface area contributed by atoms with Crippen molar-refractivity contribution in [3.05, 3.63) is 76.9 Å². The number of allylic oxidation sites excluding steroid dienone is 2. The monoisotopic (exact) mass is 332 g/mol. The highest BCUT2D eigenvalue weighted by Crippen LogP contribution is 2.19. The second-order valence-corrected chi connectivity index (χ2v) is 5.57. The molecule has 4 heteroatoms. The van der Waals surface area contributed by atoms with Crippen LogP contribution in [-0.4, -0.2) is 13.0 Å². The Morgan fingerprint density at radius 3 is 2.64 bits per heavy atom. The summed E-state index contributed by atoms with van der Waals surface area (Å²) in [7, 11) is 1.60. The minimum atomic E-state index is -0.431. The van der Waals surface area contributed by atoms with Gasteiger partial charge in [-0.15, -0.1) is 0 Å². The van der Waals surface area contributed by atoms with Crippen LogP contribution in [0.2, 0.25) is 0 Å². The first kappa shape index (κ1) is 18.0. The van der Waals surface area contributed by atoms with Crippen LogP contribution in [0.5, 0.6) is 5.75 Å². The highest BCUT2D eigenvalue weighted by atomic mass is 16.5. The van der Waals surface area contributed by atoms with E-state index in [1.807, 2.05) is 62.4 Å². The lowest BCUT2D eigenvalue weighted by atomic mass is 10.1. The third-order valence-electron chi connectivity index (χ3n) is 3.67. The quantitative estimate of drug-likeness (QED) is 0.501. The third-order valence-corrected chi connectivity index (χ3v) is 3.67. The van der Waals surface area contributed by atoms with Crippen molar-refractivity contribution in [2.75, 3.05) is 12.4 Å². The number of methoxy groups -OCH3 is 1. The first-order valence-electron chi connectivity index (χ1n) is 7.85. The molecule has 0 aliphatic rings. The Hall–Kier alpha value is -3.32. The average molecular weight is 332 g/mol. The molecule has 0 aromatic heterocycles. The Labute approximate surface area is 148 Å². The summed E-state index contributed by atoms with van der Waals surface area (Å²) >= 11 is 0. The molecule has 25 heavy (non-hydrogen) atoms. The largest absolute Gasteiger partial charge is 0.496 e. The van der Waals surface area contributed by atoms with Crippen LogP contribution in [0.1, 0.15) is 16.7 Å². The normalized spacial score (nSPS) is 11.2. The Balaban J connectivity index is 2.15. The summed E-state index contributed by atoms with van der Waals surface area (Å²) in [5.41, 5.74) is 3.67. The molecule has 0 unspecified atom stereocenters. The maximum absolute atomic E-state index is 12.3. The van der Waals surface area contributed by atoms with E-state index in [2.05, 4.69) is 5.32 Å². The number of nitrogens with one attached hydrogen (secondary N) is 1. The van der Waals surface area contributed by atoms with E-state index in [1.165, 1.54) is 6.08 Å². The zero-order valence-corrected chi connectivity index (χ0v) is 14.5. The predicted octanol–water partition coefficient (Wildman–Crippen LogP) is 4.41. The number of ether oxygens (including phenoxy) is 1. The maximum atomic E-state index is 12.3. The van der Waals surface area contributed by atoms with Gasteiger partial charge in [-0.05, 0) is 37.6 Å². The number of anilines is 1. The van der Waals surface area contributed by atoms with Gasteiger partial charge in [0.15, 0.2) is 0 Å². The minimum absolute atomic E-state index is 0.0334. The van der Waals surface area contributed by atoms with Gasteiger partial charge in [-0.2, -0.15) is 5.26 Å². The Morgan fingerprint density at radius 1 is 1.20 bits per heavy atom. The Kier molecular flexibility index (Phi) is 6.14. The number of nitriles is 1. The molecule has 2 aromatic carbocycles. The first-order chi connectivity index (χ1) is 12.0. The second kappa shape index (κ2) is 8.51. The fourth-order valence-electron chi connectivity index (χ4n) is 2.36. The zero-order chi connectivity index (χ0) is 18.2. The van der Waals surface area contributed by atoms with E-state index in [0.717, 1.165) is 22.4 Å². The molecule has 0 aliphatic heterocycles. The van der Waals surface area contributed by atoms with E-state index in [4.69, 9.17) is 4.74 Å². The number of nitrogens with zero attached hydrogens (tertiary/aromatic N) is 1. The molecule has 0 radical (unpaired) electrons. The fourth-order valence-corrected chi connectivity index (χ4v) is 2.36. The van der Waals surface area contributed by atoms with E-state index in [-0.39, 0.29) is 5.57 Å². The van der Waals surface area contributed by atoms with Crippen molar-refractivity contribution in [3.8, 4) is 11.8 Å². The van der Waals surface area contributed by atoms with E-state index in [9.17, 15) is 10.1 Å². The predicted molar refractivity (Wildman–Crippen MR) is 100 cm³/mol. The number of para-hydroxylation sites is 1. The van der Waals surface area contributed by atoms with Crippen LogP contribution in [0.3, 0.4) is 0 Å². The smallest absolute Gasteiger partial charge is 0.266 e. The van der Waals surface area contributed by atoms with Crippen molar-refractivity contribution in [1.29, 1.82) is 5.26 Å². The molecular formula is C21H20N2O2. The van der Waals surface area contributed by atoms with Crippen molar-refractivity contribution in [2.45, 2.75) is 13.8 Å². The molecule has 0 aliphatic carbocycles. The topological polar surface area (TPSA) is 62.1 Å². The molecule has 0 spiro atoms. The van der Waals surface area contributed by atoms with Gasteiger partial charge in [-0.1, -0.05) is 48.0 Å². The Morgan fingerprint density at radius 2 is 1.96 bits per heavy atom. The molecule has 2 rings (SSSR count). The molecule has 1 N–H and O–H groups in total. The molecule has 0 atom stereocenters.